The van der Waals surface area contributed by atoms with Crippen LogP contribution in [0.5, 0.6) is 0 Å². The van der Waals surface area contributed by atoms with Gasteiger partial charge in [0.15, 0.2) is 15.0 Å². The second-order valence-electron chi connectivity index (χ2n) is 8.06. The minimum Gasteiger partial charge on any atom is -0.444 e. The van der Waals surface area contributed by atoms with E-state index >= 15 is 0 Å². The molecule has 1 aromatic carbocycles. The van der Waals surface area contributed by atoms with Crippen LogP contribution in [-0.4, -0.2) is 65.4 Å². The fourth-order valence-electron chi connectivity index (χ4n) is 3.21. The van der Waals surface area contributed by atoms with Crippen LogP contribution in [0.2, 0.25) is 0 Å². The predicted molar refractivity (Wildman–Crippen MR) is 112 cm³/mol. The van der Waals surface area contributed by atoms with Gasteiger partial charge < -0.3 is 15.0 Å². The summed E-state index contributed by atoms with van der Waals surface area (Å²) in [4.78, 5) is 30.1. The van der Waals surface area contributed by atoms with Crippen molar-refractivity contribution < 1.29 is 22.7 Å². The van der Waals surface area contributed by atoms with Crippen LogP contribution in [0.1, 0.15) is 26.3 Å². The zero-order valence-corrected chi connectivity index (χ0v) is 18.3. The number of fused-ring (bicyclic) bond motifs is 1. The molecule has 0 bridgehead atoms. The van der Waals surface area contributed by atoms with E-state index in [0.29, 0.717) is 11.7 Å². The van der Waals surface area contributed by atoms with E-state index in [4.69, 9.17) is 4.74 Å². The Bertz CT molecular complexity index is 910. The highest BCUT2D eigenvalue weighted by Gasteiger charge is 2.48. The second-order valence-corrected chi connectivity index (χ2v) is 11.4. The zero-order chi connectivity index (χ0) is 21.2. The zero-order valence-electron chi connectivity index (χ0n) is 16.6. The summed E-state index contributed by atoms with van der Waals surface area (Å²) >= 11 is 1.32. The Balaban J connectivity index is 1.70. The molecular formula is C19H25N3O5S2. The Kier molecular flexibility index (Phi) is 6.23. The number of ether oxygens (including phenoxy) is 1. The van der Waals surface area contributed by atoms with Gasteiger partial charge in [-0.15, -0.1) is 0 Å². The Hall–Kier alpha value is -2.07. The number of carbonyl (C=O) groups is 2. The number of carbonyl (C=O) groups excluding carboxylic acids is 2. The van der Waals surface area contributed by atoms with Gasteiger partial charge in [0.25, 0.3) is 5.91 Å². The number of rotatable bonds is 4. The molecule has 0 aromatic heterocycles. The number of amidine groups is 1. The lowest BCUT2D eigenvalue weighted by Gasteiger charge is -2.24. The summed E-state index contributed by atoms with van der Waals surface area (Å²) in [6.45, 7) is 5.39. The van der Waals surface area contributed by atoms with E-state index in [0.717, 1.165) is 5.56 Å². The molecular weight excluding hydrogens is 414 g/mol. The first-order valence-corrected chi connectivity index (χ1v) is 12.0. The van der Waals surface area contributed by atoms with Gasteiger partial charge >= 0.3 is 6.09 Å². The maximum Gasteiger partial charge on any atom is 0.408 e. The van der Waals surface area contributed by atoms with Gasteiger partial charge in [0.05, 0.1) is 17.5 Å². The first-order chi connectivity index (χ1) is 13.5. The van der Waals surface area contributed by atoms with Crippen LogP contribution < -0.4 is 5.32 Å². The molecule has 0 saturated carbocycles. The highest BCUT2D eigenvalue weighted by Crippen LogP contribution is 2.39. The van der Waals surface area contributed by atoms with Crippen LogP contribution in [0.4, 0.5) is 4.79 Å². The molecule has 2 amide bonds. The first-order valence-electron chi connectivity index (χ1n) is 9.28. The molecule has 0 radical (unpaired) electrons. The summed E-state index contributed by atoms with van der Waals surface area (Å²) in [6, 6.07) is 9.42. The van der Waals surface area contributed by atoms with Gasteiger partial charge in [-0.25, -0.2) is 13.2 Å². The summed E-state index contributed by atoms with van der Waals surface area (Å²) < 4.78 is 29.2. The number of sulfone groups is 1. The third-order valence-corrected chi connectivity index (χ3v) is 7.62. The highest BCUT2D eigenvalue weighted by molar-refractivity contribution is 8.15. The molecule has 1 aromatic rings. The van der Waals surface area contributed by atoms with Gasteiger partial charge in [0, 0.05) is 11.8 Å². The maximum absolute atomic E-state index is 12.3. The average Bonchev–Trinajstić information content (AvgIpc) is 3.05. The molecule has 1 N–H and O–H groups in total. The fraction of sp³-hybridized carbons (Fsp3) is 0.526. The van der Waals surface area contributed by atoms with E-state index in [-0.39, 0.29) is 29.3 Å². The van der Waals surface area contributed by atoms with Gasteiger partial charge in [-0.3, -0.25) is 4.79 Å². The van der Waals surface area contributed by atoms with Crippen LogP contribution >= 0.6 is 11.8 Å². The van der Waals surface area contributed by atoms with Crippen molar-refractivity contribution in [1.29, 1.82) is 0 Å². The van der Waals surface area contributed by atoms with Crippen molar-refractivity contribution in [3.05, 3.63) is 35.9 Å². The quantitative estimate of drug-likeness (QED) is 0.763. The molecule has 158 valence electrons. The molecule has 29 heavy (non-hydrogen) atoms. The third-order valence-electron chi connectivity index (χ3n) is 4.37. The van der Waals surface area contributed by atoms with E-state index in [1.165, 1.54) is 11.8 Å². The van der Waals surface area contributed by atoms with Gasteiger partial charge in [0.1, 0.15) is 12.1 Å². The molecule has 2 fully saturated rings. The van der Waals surface area contributed by atoms with Gasteiger partial charge in [0.2, 0.25) is 0 Å². The van der Waals surface area contributed by atoms with Crippen molar-refractivity contribution in [2.75, 3.05) is 18.1 Å². The minimum atomic E-state index is -3.10. The van der Waals surface area contributed by atoms with Crippen LogP contribution in [0.3, 0.4) is 0 Å². The lowest BCUT2D eigenvalue weighted by molar-refractivity contribution is -0.117. The van der Waals surface area contributed by atoms with Crippen molar-refractivity contribution in [2.45, 2.75) is 44.2 Å². The average molecular weight is 440 g/mol. The number of alkyl carbamates (subject to hydrolysis) is 1. The standard InChI is InChI=1S/C19H25N3O5S2/c1-19(2,3)27-18(24)20-9-16(23)21-17-22(10-13-7-5-4-6-8-13)14-11-29(25,26)12-15(14)28-17/h4-8,14-15H,9-12H2,1-3H3,(H,20,24). The van der Waals surface area contributed by atoms with Gasteiger partial charge in [-0.2, -0.15) is 4.99 Å². The lowest BCUT2D eigenvalue weighted by Crippen LogP contribution is -2.38. The third kappa shape index (κ3) is 5.96. The van der Waals surface area contributed by atoms with E-state index in [2.05, 4.69) is 10.3 Å². The molecule has 2 saturated heterocycles. The number of nitrogens with one attached hydrogen (secondary N) is 1. The molecule has 3 rings (SSSR count). The number of hydrogen-bond donors (Lipinski definition) is 1. The largest absolute Gasteiger partial charge is 0.444 e. The smallest absolute Gasteiger partial charge is 0.408 e. The van der Waals surface area contributed by atoms with Crippen LogP contribution in [-0.2, 0) is 25.9 Å². The Morgan fingerprint density at radius 3 is 2.59 bits per heavy atom. The van der Waals surface area contributed by atoms with Crippen molar-refractivity contribution in [3.8, 4) is 0 Å². The summed E-state index contributed by atoms with van der Waals surface area (Å²) in [5.74, 6) is -0.378. The van der Waals surface area contributed by atoms with Crippen molar-refractivity contribution >= 4 is 38.8 Å². The molecule has 0 spiro atoms. The number of thioether (sulfide) groups is 1. The van der Waals surface area contributed by atoms with E-state index in [9.17, 15) is 18.0 Å². The van der Waals surface area contributed by atoms with Crippen LogP contribution in [0, 0.1) is 0 Å². The molecule has 0 aliphatic carbocycles. The van der Waals surface area contributed by atoms with E-state index in [1.54, 1.807) is 20.8 Å². The number of amides is 2. The molecule has 2 atom stereocenters. The van der Waals surface area contributed by atoms with Crippen molar-refractivity contribution in [3.63, 3.8) is 0 Å². The van der Waals surface area contributed by atoms with Gasteiger partial charge in [-0.05, 0) is 26.3 Å². The molecule has 2 aliphatic rings. The second kappa shape index (κ2) is 8.35. The van der Waals surface area contributed by atoms with Crippen LogP contribution in [0.15, 0.2) is 35.3 Å². The molecule has 2 heterocycles. The maximum atomic E-state index is 12.3. The first kappa shape index (κ1) is 21.6. The minimum absolute atomic E-state index is 0.0564. The number of hydrogen-bond acceptors (Lipinski definition) is 6. The topological polar surface area (TPSA) is 105 Å². The normalized spacial score (nSPS) is 24.4. The van der Waals surface area contributed by atoms with Gasteiger partial charge in [-0.1, -0.05) is 42.1 Å². The molecule has 10 heteroatoms. The SMILES string of the molecule is CC(C)(C)OC(=O)NCC(=O)N=C1SC2CS(=O)(=O)CC2N1Cc1ccccc1. The predicted octanol–water partition coefficient (Wildman–Crippen LogP) is 1.81. The number of nitrogens with zero attached hydrogens (tertiary/aromatic N) is 2. The fourth-order valence-corrected chi connectivity index (χ4v) is 7.18. The summed E-state index contributed by atoms with van der Waals surface area (Å²) in [5.41, 5.74) is 0.348. The number of aliphatic imine (C=N–C) groups is 1. The molecule has 2 unspecified atom stereocenters. The summed E-state index contributed by atoms with van der Waals surface area (Å²) in [5, 5.41) is 2.75. The summed E-state index contributed by atoms with van der Waals surface area (Å²) in [7, 11) is -3.10. The molecule has 2 aliphatic heterocycles. The molecule has 8 nitrogen and oxygen atoms in total. The van der Waals surface area contributed by atoms with Crippen LogP contribution in [0.25, 0.3) is 0 Å². The van der Waals surface area contributed by atoms with E-state index < -0.39 is 27.4 Å². The monoisotopic (exact) mass is 439 g/mol. The Morgan fingerprint density at radius 1 is 1.24 bits per heavy atom. The highest BCUT2D eigenvalue weighted by atomic mass is 32.2. The Labute approximate surface area is 175 Å². The lowest BCUT2D eigenvalue weighted by atomic mass is 10.1. The van der Waals surface area contributed by atoms with E-state index in [1.807, 2.05) is 35.2 Å². The summed E-state index contributed by atoms with van der Waals surface area (Å²) in [6.07, 6.45) is -0.686. The Morgan fingerprint density at radius 2 is 1.93 bits per heavy atom. The van der Waals surface area contributed by atoms with Crippen molar-refractivity contribution in [2.24, 2.45) is 4.99 Å². The van der Waals surface area contributed by atoms with Crippen molar-refractivity contribution in [1.82, 2.24) is 10.2 Å². The number of benzene rings is 1.